The molecule has 0 saturated heterocycles. The maximum atomic E-state index is 14.2. The SMILES string of the molecule is Nc1ncc(CNC2(c3ccc(F)cc3F)CCCC2)s1. The molecule has 0 radical (unpaired) electrons. The monoisotopic (exact) mass is 309 g/mol. The molecule has 0 unspecified atom stereocenters. The van der Waals surface area contributed by atoms with Gasteiger partial charge in [0, 0.05) is 34.8 Å². The van der Waals surface area contributed by atoms with Crippen molar-refractivity contribution >= 4 is 16.5 Å². The Hall–Kier alpha value is -1.53. The van der Waals surface area contributed by atoms with Crippen molar-refractivity contribution in [1.29, 1.82) is 0 Å². The van der Waals surface area contributed by atoms with Crippen LogP contribution in [0.5, 0.6) is 0 Å². The van der Waals surface area contributed by atoms with E-state index in [2.05, 4.69) is 10.3 Å². The van der Waals surface area contributed by atoms with Crippen LogP contribution in [0, 0.1) is 11.6 Å². The number of nitrogens with one attached hydrogen (secondary N) is 1. The van der Waals surface area contributed by atoms with Gasteiger partial charge in [0.1, 0.15) is 11.6 Å². The zero-order valence-electron chi connectivity index (χ0n) is 11.5. The van der Waals surface area contributed by atoms with Crippen molar-refractivity contribution in [2.24, 2.45) is 0 Å². The molecular weight excluding hydrogens is 292 g/mol. The van der Waals surface area contributed by atoms with E-state index in [1.165, 1.54) is 17.4 Å². The summed E-state index contributed by atoms with van der Waals surface area (Å²) in [5.74, 6) is -1.02. The molecule has 1 saturated carbocycles. The number of hydrogen-bond donors (Lipinski definition) is 2. The second-order valence-electron chi connectivity index (χ2n) is 5.43. The minimum absolute atomic E-state index is 0.420. The minimum atomic E-state index is -0.542. The molecule has 1 aromatic heterocycles. The summed E-state index contributed by atoms with van der Waals surface area (Å²) in [6.07, 6.45) is 5.51. The van der Waals surface area contributed by atoms with Gasteiger partial charge in [0.15, 0.2) is 5.13 Å². The lowest BCUT2D eigenvalue weighted by Gasteiger charge is -2.31. The number of thiazole rings is 1. The van der Waals surface area contributed by atoms with Crippen LogP contribution >= 0.6 is 11.3 Å². The van der Waals surface area contributed by atoms with Gasteiger partial charge < -0.3 is 11.1 Å². The molecule has 3 N–H and O–H groups in total. The third kappa shape index (κ3) is 2.91. The molecule has 1 heterocycles. The maximum Gasteiger partial charge on any atom is 0.180 e. The van der Waals surface area contributed by atoms with Gasteiger partial charge in [-0.25, -0.2) is 13.8 Å². The average Bonchev–Trinajstić information content (AvgIpc) is 3.06. The van der Waals surface area contributed by atoms with Crippen LogP contribution in [0.25, 0.3) is 0 Å². The molecule has 6 heteroatoms. The van der Waals surface area contributed by atoms with E-state index in [0.717, 1.165) is 36.6 Å². The van der Waals surface area contributed by atoms with E-state index < -0.39 is 17.2 Å². The van der Waals surface area contributed by atoms with Crippen LogP contribution in [0.2, 0.25) is 0 Å². The summed E-state index contributed by atoms with van der Waals surface area (Å²) in [5, 5.41) is 3.98. The third-order valence-corrected chi connectivity index (χ3v) is 4.90. The highest BCUT2D eigenvalue weighted by Gasteiger charge is 2.37. The number of aromatic nitrogens is 1. The summed E-state index contributed by atoms with van der Waals surface area (Å²) in [6.45, 7) is 0.589. The summed E-state index contributed by atoms with van der Waals surface area (Å²) < 4.78 is 27.3. The Kier molecular flexibility index (Phi) is 3.91. The Morgan fingerprint density at radius 2 is 2.05 bits per heavy atom. The van der Waals surface area contributed by atoms with Crippen molar-refractivity contribution in [3.63, 3.8) is 0 Å². The van der Waals surface area contributed by atoms with Crippen LogP contribution < -0.4 is 11.1 Å². The minimum Gasteiger partial charge on any atom is -0.375 e. The summed E-state index contributed by atoms with van der Waals surface area (Å²) in [5.41, 5.74) is 5.76. The van der Waals surface area contributed by atoms with Gasteiger partial charge in [-0.05, 0) is 18.9 Å². The van der Waals surface area contributed by atoms with Gasteiger partial charge >= 0.3 is 0 Å². The first kappa shape index (κ1) is 14.4. The van der Waals surface area contributed by atoms with Crippen molar-refractivity contribution in [2.45, 2.75) is 37.8 Å². The van der Waals surface area contributed by atoms with E-state index in [9.17, 15) is 8.78 Å². The Labute approximate surface area is 126 Å². The van der Waals surface area contributed by atoms with Crippen LogP contribution in [-0.4, -0.2) is 4.98 Å². The number of nitrogens with two attached hydrogens (primary N) is 1. The molecule has 0 amide bonds. The molecule has 1 fully saturated rings. The molecule has 0 bridgehead atoms. The average molecular weight is 309 g/mol. The quantitative estimate of drug-likeness (QED) is 0.908. The second-order valence-corrected chi connectivity index (χ2v) is 6.58. The lowest BCUT2D eigenvalue weighted by atomic mass is 9.87. The number of anilines is 1. The van der Waals surface area contributed by atoms with E-state index >= 15 is 0 Å². The first-order chi connectivity index (χ1) is 10.1. The van der Waals surface area contributed by atoms with Crippen molar-refractivity contribution in [1.82, 2.24) is 10.3 Å². The van der Waals surface area contributed by atoms with Gasteiger partial charge in [0.05, 0.1) is 0 Å². The molecule has 3 nitrogen and oxygen atoms in total. The first-order valence-corrected chi connectivity index (χ1v) is 7.81. The third-order valence-electron chi connectivity index (χ3n) is 4.08. The summed E-state index contributed by atoms with van der Waals surface area (Å²) in [6, 6.07) is 3.84. The number of halogens is 2. The maximum absolute atomic E-state index is 14.2. The highest BCUT2D eigenvalue weighted by molar-refractivity contribution is 7.15. The lowest BCUT2D eigenvalue weighted by Crippen LogP contribution is -2.40. The smallest absolute Gasteiger partial charge is 0.180 e. The summed E-state index contributed by atoms with van der Waals surface area (Å²) in [4.78, 5) is 5.03. The van der Waals surface area contributed by atoms with E-state index in [4.69, 9.17) is 5.73 Å². The standard InChI is InChI=1S/C15H17F2N3S/c16-10-3-4-12(13(17)7-10)15(5-1-2-6-15)20-9-11-8-19-14(18)21-11/h3-4,7-8,20H,1-2,5-6,9H2,(H2,18,19). The van der Waals surface area contributed by atoms with Gasteiger partial charge in [-0.3, -0.25) is 0 Å². The Morgan fingerprint density at radius 3 is 2.67 bits per heavy atom. The molecule has 0 aliphatic heterocycles. The number of rotatable bonds is 4. The Bertz CT molecular complexity index is 636. The van der Waals surface area contributed by atoms with Crippen molar-refractivity contribution in [3.8, 4) is 0 Å². The molecule has 1 aliphatic carbocycles. The molecule has 1 aromatic carbocycles. The van der Waals surface area contributed by atoms with E-state index in [-0.39, 0.29) is 0 Å². The number of hydrogen-bond acceptors (Lipinski definition) is 4. The van der Waals surface area contributed by atoms with Crippen LogP contribution in [0.1, 0.15) is 36.1 Å². The fourth-order valence-electron chi connectivity index (χ4n) is 3.06. The van der Waals surface area contributed by atoms with Gasteiger partial charge in [0.25, 0.3) is 0 Å². The van der Waals surface area contributed by atoms with E-state index in [1.54, 1.807) is 12.3 Å². The van der Waals surface area contributed by atoms with Gasteiger partial charge in [-0.15, -0.1) is 11.3 Å². The summed E-state index contributed by atoms with van der Waals surface area (Å²) in [7, 11) is 0. The molecule has 112 valence electrons. The Morgan fingerprint density at radius 1 is 1.29 bits per heavy atom. The summed E-state index contributed by atoms with van der Waals surface area (Å²) >= 11 is 1.42. The van der Waals surface area contributed by atoms with Crippen LogP contribution in [-0.2, 0) is 12.1 Å². The predicted molar refractivity (Wildman–Crippen MR) is 79.9 cm³/mol. The van der Waals surface area contributed by atoms with Gasteiger partial charge in [-0.1, -0.05) is 18.9 Å². The molecule has 2 aromatic rings. The predicted octanol–water partition coefficient (Wildman–Crippen LogP) is 3.56. The molecular formula is C15H17F2N3S. The van der Waals surface area contributed by atoms with E-state index in [0.29, 0.717) is 17.2 Å². The van der Waals surface area contributed by atoms with Crippen molar-refractivity contribution in [3.05, 3.63) is 46.5 Å². The van der Waals surface area contributed by atoms with Crippen molar-refractivity contribution in [2.75, 3.05) is 5.73 Å². The molecule has 0 atom stereocenters. The van der Waals surface area contributed by atoms with Crippen LogP contribution in [0.15, 0.2) is 24.4 Å². The number of nitrogens with zero attached hydrogens (tertiary/aromatic N) is 1. The van der Waals surface area contributed by atoms with Crippen LogP contribution in [0.3, 0.4) is 0 Å². The topological polar surface area (TPSA) is 50.9 Å². The van der Waals surface area contributed by atoms with Gasteiger partial charge in [-0.2, -0.15) is 0 Å². The highest BCUT2D eigenvalue weighted by Crippen LogP contribution is 2.40. The molecule has 21 heavy (non-hydrogen) atoms. The van der Waals surface area contributed by atoms with Crippen LogP contribution in [0.4, 0.5) is 13.9 Å². The normalized spacial score (nSPS) is 17.2. The zero-order valence-corrected chi connectivity index (χ0v) is 12.4. The second kappa shape index (κ2) is 5.69. The van der Waals surface area contributed by atoms with Gasteiger partial charge in [0.2, 0.25) is 0 Å². The number of benzene rings is 1. The highest BCUT2D eigenvalue weighted by atomic mass is 32.1. The van der Waals surface area contributed by atoms with E-state index in [1.807, 2.05) is 0 Å². The lowest BCUT2D eigenvalue weighted by molar-refractivity contribution is 0.326. The Balaban J connectivity index is 1.85. The number of nitrogen functional groups attached to an aromatic ring is 1. The molecule has 3 rings (SSSR count). The zero-order chi connectivity index (χ0) is 14.9. The molecule has 0 spiro atoms. The first-order valence-electron chi connectivity index (χ1n) is 7.00. The largest absolute Gasteiger partial charge is 0.375 e. The molecule has 1 aliphatic rings. The fraction of sp³-hybridized carbons (Fsp3) is 0.400. The fourth-order valence-corrected chi connectivity index (χ4v) is 3.68. The van der Waals surface area contributed by atoms with Crippen molar-refractivity contribution < 1.29 is 8.78 Å².